The van der Waals surface area contributed by atoms with Crippen molar-refractivity contribution in [3.63, 3.8) is 0 Å². The normalized spacial score (nSPS) is 28.6. The van der Waals surface area contributed by atoms with Gasteiger partial charge in [-0.25, -0.2) is 4.39 Å². The van der Waals surface area contributed by atoms with E-state index in [-0.39, 0.29) is 23.3 Å². The Bertz CT molecular complexity index is 498. The van der Waals surface area contributed by atoms with Crippen LogP contribution in [0.15, 0.2) is 18.2 Å². The van der Waals surface area contributed by atoms with E-state index in [4.69, 9.17) is 4.74 Å². The van der Waals surface area contributed by atoms with E-state index in [2.05, 4.69) is 0 Å². The number of carbonyl (C=O) groups is 1. The summed E-state index contributed by atoms with van der Waals surface area (Å²) in [7, 11) is 1.44. The fourth-order valence-corrected chi connectivity index (χ4v) is 3.79. The van der Waals surface area contributed by atoms with E-state index >= 15 is 0 Å². The molecule has 0 aromatic heterocycles. The smallest absolute Gasteiger partial charge is 0.165 e. The summed E-state index contributed by atoms with van der Waals surface area (Å²) >= 11 is 0. The zero-order valence-electron chi connectivity index (χ0n) is 11.2. The number of fused-ring (bicyclic) bond motifs is 2. The molecule has 2 nitrogen and oxygen atoms in total. The molecular weight excluding hydrogens is 243 g/mol. The molecule has 2 aliphatic rings. The largest absolute Gasteiger partial charge is 0.494 e. The Morgan fingerprint density at radius 2 is 2.21 bits per heavy atom. The fourth-order valence-electron chi connectivity index (χ4n) is 3.79. The van der Waals surface area contributed by atoms with Gasteiger partial charge in [0, 0.05) is 12.3 Å². The van der Waals surface area contributed by atoms with Crippen LogP contribution in [0.1, 0.15) is 31.2 Å². The van der Waals surface area contributed by atoms with E-state index in [0.29, 0.717) is 12.3 Å². The number of hydrogen-bond acceptors (Lipinski definition) is 2. The summed E-state index contributed by atoms with van der Waals surface area (Å²) in [5.74, 6) is 1.73. The van der Waals surface area contributed by atoms with Crippen LogP contribution in [0.3, 0.4) is 0 Å². The number of carbonyl (C=O) groups excluding carboxylic acids is 1. The highest BCUT2D eigenvalue weighted by molar-refractivity contribution is 5.84. The maximum absolute atomic E-state index is 13.6. The summed E-state index contributed by atoms with van der Waals surface area (Å²) in [4.78, 5) is 12.3. The molecule has 0 radical (unpaired) electrons. The molecule has 3 rings (SSSR count). The van der Waals surface area contributed by atoms with Gasteiger partial charge in [0.25, 0.3) is 0 Å². The molecule has 1 aromatic rings. The summed E-state index contributed by atoms with van der Waals surface area (Å²) in [6.07, 6.45) is 5.15. The molecule has 102 valence electrons. The third-order valence-electron chi connectivity index (χ3n) is 4.75. The minimum Gasteiger partial charge on any atom is -0.494 e. The number of methoxy groups -OCH3 is 1. The average Bonchev–Trinajstić information content (AvgIpc) is 3.01. The minimum absolute atomic E-state index is 0.226. The van der Waals surface area contributed by atoms with Crippen LogP contribution in [0.4, 0.5) is 4.39 Å². The molecule has 0 amide bonds. The lowest BCUT2D eigenvalue weighted by Gasteiger charge is -2.20. The van der Waals surface area contributed by atoms with Gasteiger partial charge < -0.3 is 4.74 Å². The summed E-state index contributed by atoms with van der Waals surface area (Å²) in [6, 6.07) is 4.80. The molecule has 1 aromatic carbocycles. The van der Waals surface area contributed by atoms with Crippen LogP contribution in [0, 0.1) is 23.6 Å². The van der Waals surface area contributed by atoms with E-state index < -0.39 is 0 Å². The zero-order chi connectivity index (χ0) is 13.4. The van der Waals surface area contributed by atoms with Gasteiger partial charge >= 0.3 is 0 Å². The van der Waals surface area contributed by atoms with Crippen molar-refractivity contribution < 1.29 is 13.9 Å². The van der Waals surface area contributed by atoms with Gasteiger partial charge in [0.15, 0.2) is 11.6 Å². The van der Waals surface area contributed by atoms with Gasteiger partial charge in [-0.05, 0) is 48.8 Å². The van der Waals surface area contributed by atoms with Crippen LogP contribution < -0.4 is 4.74 Å². The second kappa shape index (κ2) is 4.95. The third-order valence-corrected chi connectivity index (χ3v) is 4.75. The minimum atomic E-state index is -0.388. The van der Waals surface area contributed by atoms with Crippen molar-refractivity contribution in [2.75, 3.05) is 7.11 Å². The number of ether oxygens (including phenoxy) is 1. The van der Waals surface area contributed by atoms with Gasteiger partial charge in [-0.2, -0.15) is 0 Å². The van der Waals surface area contributed by atoms with Crippen LogP contribution in [-0.4, -0.2) is 12.9 Å². The number of Topliss-reactive ketones (excluding diaryl/α,β-unsaturated/α-hetero) is 1. The van der Waals surface area contributed by atoms with Crippen molar-refractivity contribution in [2.24, 2.45) is 17.8 Å². The topological polar surface area (TPSA) is 26.3 Å². The van der Waals surface area contributed by atoms with Crippen molar-refractivity contribution in [2.45, 2.75) is 32.1 Å². The van der Waals surface area contributed by atoms with E-state index in [9.17, 15) is 9.18 Å². The molecule has 0 heterocycles. The van der Waals surface area contributed by atoms with Gasteiger partial charge in [-0.1, -0.05) is 12.5 Å². The van der Waals surface area contributed by atoms with Gasteiger partial charge in [-0.15, -0.1) is 0 Å². The Balaban J connectivity index is 1.68. The molecule has 3 heteroatoms. The lowest BCUT2D eigenvalue weighted by molar-refractivity contribution is -0.123. The first kappa shape index (κ1) is 12.6. The average molecular weight is 262 g/mol. The first-order valence-corrected chi connectivity index (χ1v) is 7.02. The van der Waals surface area contributed by atoms with E-state index in [1.807, 2.05) is 0 Å². The Hall–Kier alpha value is -1.38. The summed E-state index contributed by atoms with van der Waals surface area (Å²) in [5.41, 5.74) is 0.756. The highest BCUT2D eigenvalue weighted by atomic mass is 19.1. The second-order valence-corrected chi connectivity index (χ2v) is 5.89. The molecule has 3 unspecified atom stereocenters. The Kier molecular flexibility index (Phi) is 3.29. The SMILES string of the molecule is COc1ccc(CC(=O)C2CC3CCC2C3)cc1F. The number of rotatable bonds is 4. The van der Waals surface area contributed by atoms with Crippen LogP contribution in [0.5, 0.6) is 5.75 Å². The second-order valence-electron chi connectivity index (χ2n) is 5.89. The predicted molar refractivity (Wildman–Crippen MR) is 70.6 cm³/mol. The van der Waals surface area contributed by atoms with Crippen molar-refractivity contribution in [3.8, 4) is 5.75 Å². The Morgan fingerprint density at radius 1 is 1.37 bits per heavy atom. The van der Waals surface area contributed by atoms with Crippen LogP contribution in [0.2, 0.25) is 0 Å². The summed E-state index contributed by atoms with van der Waals surface area (Å²) < 4.78 is 18.5. The zero-order valence-corrected chi connectivity index (χ0v) is 11.2. The van der Waals surface area contributed by atoms with Gasteiger partial charge in [0.1, 0.15) is 5.78 Å². The van der Waals surface area contributed by atoms with Gasteiger partial charge in [0.2, 0.25) is 0 Å². The lowest BCUT2D eigenvalue weighted by atomic mass is 9.83. The molecule has 3 atom stereocenters. The Labute approximate surface area is 113 Å². The van der Waals surface area contributed by atoms with Crippen molar-refractivity contribution in [1.82, 2.24) is 0 Å². The maximum Gasteiger partial charge on any atom is 0.165 e. The molecular formula is C16H19FO2. The van der Waals surface area contributed by atoms with E-state index in [1.165, 1.54) is 32.4 Å². The molecule has 2 aliphatic carbocycles. The molecule has 0 saturated heterocycles. The monoisotopic (exact) mass is 262 g/mol. The maximum atomic E-state index is 13.6. The number of benzene rings is 1. The highest BCUT2D eigenvalue weighted by Crippen LogP contribution is 2.48. The van der Waals surface area contributed by atoms with Gasteiger partial charge in [0.05, 0.1) is 7.11 Å². The molecule has 2 bridgehead atoms. The van der Waals surface area contributed by atoms with Crippen LogP contribution in [-0.2, 0) is 11.2 Å². The molecule has 2 fully saturated rings. The third kappa shape index (κ3) is 2.38. The Morgan fingerprint density at radius 3 is 2.79 bits per heavy atom. The standard InChI is InChI=1S/C16H19FO2/c1-19-16-5-3-11(8-14(16)17)9-15(18)13-7-10-2-4-12(13)6-10/h3,5,8,10,12-13H,2,4,6-7,9H2,1H3. The summed E-state index contributed by atoms with van der Waals surface area (Å²) in [5, 5.41) is 0. The van der Waals surface area contributed by atoms with Crippen LogP contribution in [0.25, 0.3) is 0 Å². The fraction of sp³-hybridized carbons (Fsp3) is 0.562. The van der Waals surface area contributed by atoms with Crippen molar-refractivity contribution in [1.29, 1.82) is 0 Å². The molecule has 19 heavy (non-hydrogen) atoms. The molecule has 2 saturated carbocycles. The molecule has 0 N–H and O–H groups in total. The highest BCUT2D eigenvalue weighted by Gasteiger charge is 2.42. The van der Waals surface area contributed by atoms with Crippen molar-refractivity contribution >= 4 is 5.78 Å². The van der Waals surface area contributed by atoms with E-state index in [1.54, 1.807) is 12.1 Å². The van der Waals surface area contributed by atoms with Crippen LogP contribution >= 0.6 is 0 Å². The van der Waals surface area contributed by atoms with Gasteiger partial charge in [-0.3, -0.25) is 4.79 Å². The number of halogens is 1. The summed E-state index contributed by atoms with van der Waals surface area (Å²) in [6.45, 7) is 0. The van der Waals surface area contributed by atoms with Crippen molar-refractivity contribution in [3.05, 3.63) is 29.6 Å². The quantitative estimate of drug-likeness (QED) is 0.831. The number of hydrogen-bond donors (Lipinski definition) is 0. The van der Waals surface area contributed by atoms with E-state index in [0.717, 1.165) is 17.9 Å². The predicted octanol–water partition coefficient (Wildman–Crippen LogP) is 3.38. The first-order chi connectivity index (χ1) is 9.17. The first-order valence-electron chi connectivity index (χ1n) is 7.02. The molecule has 0 spiro atoms. The number of ketones is 1. The molecule has 0 aliphatic heterocycles. The lowest BCUT2D eigenvalue weighted by Crippen LogP contribution is -2.22.